The van der Waals surface area contributed by atoms with Gasteiger partial charge in [-0.25, -0.2) is 0 Å². The van der Waals surface area contributed by atoms with Gasteiger partial charge in [-0.2, -0.15) is 8.42 Å². The number of aliphatic hydroxyl groups is 1. The Balaban J connectivity index is 0.000000385. The van der Waals surface area contributed by atoms with Gasteiger partial charge in [0.2, 0.25) is 0 Å². The third-order valence-electron chi connectivity index (χ3n) is 2.75. The molecule has 0 saturated heterocycles. The van der Waals surface area contributed by atoms with Gasteiger partial charge in [-0.1, -0.05) is 44.9 Å². The molecule has 5 heteroatoms. The van der Waals surface area contributed by atoms with E-state index in [1.165, 1.54) is 44.9 Å². The predicted octanol–water partition coefficient (Wildman–Crippen LogP) is 2.23. The summed E-state index contributed by atoms with van der Waals surface area (Å²) in [5.41, 5.74) is 0. The molecule has 0 atom stereocenters. The summed E-state index contributed by atoms with van der Waals surface area (Å²) in [7, 11) is -3.67. The molecular formula is C11H24O4S. The number of hydrogen-bond donors (Lipinski definition) is 2. The van der Waals surface area contributed by atoms with Crippen LogP contribution in [0.2, 0.25) is 0 Å². The average Bonchev–Trinajstić information content (AvgIpc) is 2.17. The first kappa shape index (κ1) is 15.9. The van der Waals surface area contributed by atoms with E-state index in [9.17, 15) is 8.42 Å². The Hall–Kier alpha value is -0.130. The van der Waals surface area contributed by atoms with Crippen LogP contribution < -0.4 is 0 Å². The van der Waals surface area contributed by atoms with Gasteiger partial charge in [0.05, 0.1) is 6.26 Å². The van der Waals surface area contributed by atoms with Gasteiger partial charge in [0.25, 0.3) is 10.1 Å². The Bertz CT molecular complexity index is 235. The summed E-state index contributed by atoms with van der Waals surface area (Å²) < 4.78 is 25.9. The van der Waals surface area contributed by atoms with Crippen molar-refractivity contribution in [2.75, 3.05) is 12.9 Å². The molecular weight excluding hydrogens is 228 g/mol. The first-order chi connectivity index (χ1) is 7.43. The molecule has 0 aromatic heterocycles. The van der Waals surface area contributed by atoms with E-state index < -0.39 is 10.1 Å². The Morgan fingerprint density at radius 3 is 2.06 bits per heavy atom. The van der Waals surface area contributed by atoms with Gasteiger partial charge in [0.15, 0.2) is 0 Å². The van der Waals surface area contributed by atoms with E-state index in [0.717, 1.165) is 12.3 Å². The van der Waals surface area contributed by atoms with E-state index in [0.29, 0.717) is 12.9 Å². The summed E-state index contributed by atoms with van der Waals surface area (Å²) in [6.45, 7) is 0.382. The van der Waals surface area contributed by atoms with Crippen LogP contribution in [0, 0.1) is 5.92 Å². The largest absolute Gasteiger partial charge is 0.396 e. The van der Waals surface area contributed by atoms with Crippen LogP contribution in [0.5, 0.6) is 0 Å². The van der Waals surface area contributed by atoms with Gasteiger partial charge in [0, 0.05) is 6.61 Å². The Labute approximate surface area is 98.8 Å². The van der Waals surface area contributed by atoms with Crippen molar-refractivity contribution < 1.29 is 18.1 Å². The van der Waals surface area contributed by atoms with Crippen LogP contribution in [0.1, 0.15) is 51.4 Å². The number of aliphatic hydroxyl groups excluding tert-OH is 1. The monoisotopic (exact) mass is 252 g/mol. The first-order valence-corrected chi connectivity index (χ1v) is 7.81. The average molecular weight is 252 g/mol. The highest BCUT2D eigenvalue weighted by Gasteiger charge is 2.11. The Morgan fingerprint density at radius 1 is 1.12 bits per heavy atom. The van der Waals surface area contributed by atoms with Crippen molar-refractivity contribution in [1.29, 1.82) is 0 Å². The van der Waals surface area contributed by atoms with Gasteiger partial charge in [-0.15, -0.1) is 0 Å². The molecule has 0 bridgehead atoms. The van der Waals surface area contributed by atoms with Crippen LogP contribution in [0.25, 0.3) is 0 Å². The molecule has 1 aliphatic rings. The molecule has 2 N–H and O–H groups in total. The second-order valence-electron chi connectivity index (χ2n) is 4.46. The summed E-state index contributed by atoms with van der Waals surface area (Å²) >= 11 is 0. The summed E-state index contributed by atoms with van der Waals surface area (Å²) in [6.07, 6.45) is 11.6. The molecule has 0 aromatic carbocycles. The molecule has 98 valence electrons. The molecule has 0 aliphatic heterocycles. The van der Waals surface area contributed by atoms with Crippen LogP contribution in [0.15, 0.2) is 0 Å². The quantitative estimate of drug-likeness (QED) is 0.594. The maximum atomic E-state index is 9.19. The van der Waals surface area contributed by atoms with Crippen LogP contribution in [0.4, 0.5) is 0 Å². The standard InChI is InChI=1S/C10H20O.CH4O3S/c11-9-5-4-8-10-6-2-1-3-7-10;1-5(2,3)4/h10-11H,1-9H2;1H3,(H,2,3,4). The fourth-order valence-electron chi connectivity index (χ4n) is 2.02. The topological polar surface area (TPSA) is 74.6 Å². The van der Waals surface area contributed by atoms with E-state index in [1.807, 2.05) is 0 Å². The zero-order valence-electron chi connectivity index (χ0n) is 10.1. The maximum absolute atomic E-state index is 9.19. The van der Waals surface area contributed by atoms with E-state index in [-0.39, 0.29) is 0 Å². The molecule has 1 saturated carbocycles. The van der Waals surface area contributed by atoms with Gasteiger partial charge in [-0.05, 0) is 12.3 Å². The second-order valence-corrected chi connectivity index (χ2v) is 5.92. The highest BCUT2D eigenvalue weighted by Crippen LogP contribution is 2.27. The van der Waals surface area contributed by atoms with E-state index in [1.54, 1.807) is 0 Å². The van der Waals surface area contributed by atoms with Crippen molar-refractivity contribution in [2.45, 2.75) is 51.4 Å². The number of hydrogen-bond acceptors (Lipinski definition) is 3. The zero-order chi connectivity index (χ0) is 12.4. The third-order valence-corrected chi connectivity index (χ3v) is 2.75. The lowest BCUT2D eigenvalue weighted by Crippen LogP contribution is -2.05. The zero-order valence-corrected chi connectivity index (χ0v) is 10.9. The number of rotatable bonds is 4. The van der Waals surface area contributed by atoms with Gasteiger partial charge in [0.1, 0.15) is 0 Å². The molecule has 0 radical (unpaired) electrons. The van der Waals surface area contributed by atoms with E-state index in [4.69, 9.17) is 9.66 Å². The Kier molecular flexibility index (Phi) is 8.89. The fourth-order valence-corrected chi connectivity index (χ4v) is 2.02. The minimum Gasteiger partial charge on any atom is -0.396 e. The van der Waals surface area contributed by atoms with Crippen LogP contribution in [-0.2, 0) is 10.1 Å². The number of unbranched alkanes of at least 4 members (excludes halogenated alkanes) is 1. The normalized spacial score (nSPS) is 17.7. The van der Waals surface area contributed by atoms with Gasteiger partial charge < -0.3 is 5.11 Å². The summed E-state index contributed by atoms with van der Waals surface area (Å²) in [5, 5.41) is 8.60. The van der Waals surface area contributed by atoms with Crippen LogP contribution >= 0.6 is 0 Å². The lowest BCUT2D eigenvalue weighted by Gasteiger charge is -2.20. The predicted molar refractivity (Wildman–Crippen MR) is 65.0 cm³/mol. The minimum atomic E-state index is -3.67. The summed E-state index contributed by atoms with van der Waals surface area (Å²) in [4.78, 5) is 0. The SMILES string of the molecule is CS(=O)(=O)O.OCCCCC1CCCCC1. The molecule has 0 heterocycles. The van der Waals surface area contributed by atoms with Crippen molar-refractivity contribution in [3.8, 4) is 0 Å². The van der Waals surface area contributed by atoms with E-state index in [2.05, 4.69) is 0 Å². The molecule has 1 rings (SSSR count). The highest BCUT2D eigenvalue weighted by molar-refractivity contribution is 7.85. The van der Waals surface area contributed by atoms with Crippen LogP contribution in [0.3, 0.4) is 0 Å². The molecule has 1 aliphatic carbocycles. The van der Waals surface area contributed by atoms with Crippen molar-refractivity contribution >= 4 is 10.1 Å². The molecule has 0 spiro atoms. The molecule has 16 heavy (non-hydrogen) atoms. The maximum Gasteiger partial charge on any atom is 0.261 e. The summed E-state index contributed by atoms with van der Waals surface area (Å²) in [6, 6.07) is 0. The molecule has 0 amide bonds. The molecule has 4 nitrogen and oxygen atoms in total. The Morgan fingerprint density at radius 2 is 1.62 bits per heavy atom. The van der Waals surface area contributed by atoms with Crippen molar-refractivity contribution in [3.63, 3.8) is 0 Å². The van der Waals surface area contributed by atoms with Gasteiger partial charge in [-0.3, -0.25) is 4.55 Å². The molecule has 0 aromatic rings. The first-order valence-electron chi connectivity index (χ1n) is 5.97. The van der Waals surface area contributed by atoms with Crippen LogP contribution in [-0.4, -0.2) is 30.9 Å². The fraction of sp³-hybridized carbons (Fsp3) is 1.00. The van der Waals surface area contributed by atoms with Crippen molar-refractivity contribution in [3.05, 3.63) is 0 Å². The summed E-state index contributed by atoms with van der Waals surface area (Å²) in [5.74, 6) is 0.996. The van der Waals surface area contributed by atoms with Gasteiger partial charge >= 0.3 is 0 Å². The third kappa shape index (κ3) is 13.9. The lowest BCUT2D eigenvalue weighted by atomic mass is 9.86. The van der Waals surface area contributed by atoms with Crippen molar-refractivity contribution in [2.24, 2.45) is 5.92 Å². The highest BCUT2D eigenvalue weighted by atomic mass is 32.2. The molecule has 0 unspecified atom stereocenters. The second kappa shape index (κ2) is 8.96. The smallest absolute Gasteiger partial charge is 0.261 e. The minimum absolute atomic E-state index is 0.382. The molecule has 1 fully saturated rings. The lowest BCUT2D eigenvalue weighted by molar-refractivity contribution is 0.267. The van der Waals surface area contributed by atoms with E-state index >= 15 is 0 Å². The van der Waals surface area contributed by atoms with Crippen molar-refractivity contribution in [1.82, 2.24) is 0 Å².